The van der Waals surface area contributed by atoms with E-state index in [4.69, 9.17) is 34.8 Å². The van der Waals surface area contributed by atoms with Gasteiger partial charge in [0.15, 0.2) is 16.1 Å². The number of alkyl halides is 1. The Labute approximate surface area is 83.6 Å². The van der Waals surface area contributed by atoms with Crippen LogP contribution < -0.4 is 0 Å². The van der Waals surface area contributed by atoms with Crippen molar-refractivity contribution >= 4 is 40.6 Å². The van der Waals surface area contributed by atoms with E-state index in [0.29, 0.717) is 0 Å². The normalized spacial score (nSPS) is 9.92. The average Bonchev–Trinajstić information content (AvgIpc) is 2.08. The monoisotopic (exact) mass is 224 g/mol. The number of carbonyl (C=O) groups is 1. The molecule has 1 rings (SSSR count). The maximum Gasteiger partial charge on any atom is 0.180 e. The van der Waals surface area contributed by atoms with Crippen molar-refractivity contribution in [1.82, 2.24) is 10.2 Å². The van der Waals surface area contributed by atoms with Gasteiger partial charge in [-0.1, -0.05) is 23.2 Å². The van der Waals surface area contributed by atoms with Gasteiger partial charge in [0.25, 0.3) is 0 Å². The number of Topliss-reactive ketones (excluding diaryl/α,β-unsaturated/α-hetero) is 1. The van der Waals surface area contributed by atoms with E-state index in [0.717, 1.165) is 0 Å². The number of ketones is 1. The Morgan fingerprint density at radius 2 is 2.08 bits per heavy atom. The second kappa shape index (κ2) is 4.03. The standard InChI is InChI=1S/C6H3Cl3N2O/c7-2-4(12)3-1-5(8)10-11-6(3)9/h1H,2H2. The van der Waals surface area contributed by atoms with Crippen LogP contribution in [0.2, 0.25) is 10.3 Å². The smallest absolute Gasteiger partial charge is 0.180 e. The van der Waals surface area contributed by atoms with Crippen LogP contribution in [0.1, 0.15) is 10.4 Å². The zero-order valence-electron chi connectivity index (χ0n) is 5.72. The Morgan fingerprint density at radius 1 is 1.42 bits per heavy atom. The molecule has 0 aromatic carbocycles. The van der Waals surface area contributed by atoms with Crippen molar-refractivity contribution in [1.29, 1.82) is 0 Å². The maximum atomic E-state index is 11.0. The second-order valence-corrected chi connectivity index (χ2v) is 2.94. The molecule has 0 radical (unpaired) electrons. The summed E-state index contributed by atoms with van der Waals surface area (Å²) in [7, 11) is 0. The third kappa shape index (κ3) is 2.06. The number of hydrogen-bond acceptors (Lipinski definition) is 3. The van der Waals surface area contributed by atoms with Gasteiger partial charge in [0.1, 0.15) is 0 Å². The highest BCUT2D eigenvalue weighted by Crippen LogP contribution is 2.16. The Morgan fingerprint density at radius 3 is 2.67 bits per heavy atom. The molecule has 0 atom stereocenters. The molecule has 0 saturated heterocycles. The van der Waals surface area contributed by atoms with Crippen molar-refractivity contribution in [3.05, 3.63) is 21.9 Å². The van der Waals surface area contributed by atoms with E-state index in [1.54, 1.807) is 0 Å². The third-order valence-electron chi connectivity index (χ3n) is 1.14. The topological polar surface area (TPSA) is 42.9 Å². The fourth-order valence-corrected chi connectivity index (χ4v) is 1.11. The minimum Gasteiger partial charge on any atom is -0.293 e. The predicted octanol–water partition coefficient (Wildman–Crippen LogP) is 2.20. The van der Waals surface area contributed by atoms with E-state index >= 15 is 0 Å². The molecule has 0 bridgehead atoms. The number of carbonyl (C=O) groups excluding carboxylic acids is 1. The molecule has 1 heterocycles. The Kier molecular flexibility index (Phi) is 3.26. The van der Waals surface area contributed by atoms with Crippen molar-refractivity contribution in [2.75, 3.05) is 5.88 Å². The lowest BCUT2D eigenvalue weighted by atomic mass is 10.2. The lowest BCUT2D eigenvalue weighted by Crippen LogP contribution is -2.03. The second-order valence-electron chi connectivity index (χ2n) is 1.93. The fraction of sp³-hybridized carbons (Fsp3) is 0.167. The van der Waals surface area contributed by atoms with Gasteiger partial charge in [0, 0.05) is 0 Å². The van der Waals surface area contributed by atoms with Crippen LogP contribution in [-0.2, 0) is 0 Å². The van der Waals surface area contributed by atoms with Gasteiger partial charge in [-0.15, -0.1) is 21.8 Å². The molecule has 0 amide bonds. The van der Waals surface area contributed by atoms with E-state index < -0.39 is 0 Å². The summed E-state index contributed by atoms with van der Waals surface area (Å²) >= 11 is 16.4. The molecular formula is C6H3Cl3N2O. The van der Waals surface area contributed by atoms with Crippen LogP contribution in [0.25, 0.3) is 0 Å². The Bertz CT molecular complexity index is 316. The number of hydrogen-bond donors (Lipinski definition) is 0. The highest BCUT2D eigenvalue weighted by atomic mass is 35.5. The van der Waals surface area contributed by atoms with Gasteiger partial charge in [0.05, 0.1) is 11.4 Å². The molecule has 1 aromatic heterocycles. The quantitative estimate of drug-likeness (QED) is 0.572. The summed E-state index contributed by atoms with van der Waals surface area (Å²) in [5.74, 6) is -0.472. The highest BCUT2D eigenvalue weighted by molar-refractivity contribution is 6.37. The Hall–Kier alpha value is -0.380. The molecule has 1 aromatic rings. The van der Waals surface area contributed by atoms with Crippen molar-refractivity contribution in [3.63, 3.8) is 0 Å². The summed E-state index contributed by atoms with van der Waals surface area (Å²) in [4.78, 5) is 11.0. The van der Waals surface area contributed by atoms with Crippen molar-refractivity contribution in [3.8, 4) is 0 Å². The summed E-state index contributed by atoms with van der Waals surface area (Å²) in [6.07, 6.45) is 0. The fourth-order valence-electron chi connectivity index (χ4n) is 0.621. The molecular weight excluding hydrogens is 222 g/mol. The van der Waals surface area contributed by atoms with Crippen LogP contribution in [0.3, 0.4) is 0 Å². The SMILES string of the molecule is O=C(CCl)c1cc(Cl)nnc1Cl. The first-order valence-corrected chi connectivity index (χ1v) is 4.22. The van der Waals surface area contributed by atoms with Crippen LogP contribution >= 0.6 is 34.8 Å². The van der Waals surface area contributed by atoms with Crippen LogP contribution in [0.15, 0.2) is 6.07 Å². The van der Waals surface area contributed by atoms with Crippen molar-refractivity contribution < 1.29 is 4.79 Å². The van der Waals surface area contributed by atoms with E-state index in [-0.39, 0.29) is 27.5 Å². The molecule has 0 unspecified atom stereocenters. The molecule has 12 heavy (non-hydrogen) atoms. The first kappa shape index (κ1) is 9.71. The zero-order valence-corrected chi connectivity index (χ0v) is 7.99. The first-order chi connectivity index (χ1) is 5.65. The first-order valence-electron chi connectivity index (χ1n) is 2.93. The highest BCUT2D eigenvalue weighted by Gasteiger charge is 2.11. The van der Waals surface area contributed by atoms with Gasteiger partial charge in [0.2, 0.25) is 0 Å². The molecule has 64 valence electrons. The van der Waals surface area contributed by atoms with Crippen LogP contribution in [0, 0.1) is 0 Å². The molecule has 6 heteroatoms. The van der Waals surface area contributed by atoms with Gasteiger partial charge < -0.3 is 0 Å². The third-order valence-corrected chi connectivity index (χ3v) is 1.85. The molecule has 3 nitrogen and oxygen atoms in total. The molecule has 0 spiro atoms. The minimum absolute atomic E-state index is 0.0186. The van der Waals surface area contributed by atoms with Crippen LogP contribution in [0.5, 0.6) is 0 Å². The van der Waals surface area contributed by atoms with Crippen LogP contribution in [0.4, 0.5) is 0 Å². The summed E-state index contributed by atoms with van der Waals surface area (Å²) in [5, 5.41) is 7.03. The van der Waals surface area contributed by atoms with Crippen molar-refractivity contribution in [2.24, 2.45) is 0 Å². The van der Waals surface area contributed by atoms with Gasteiger partial charge in [-0.05, 0) is 6.07 Å². The minimum atomic E-state index is -0.321. The van der Waals surface area contributed by atoms with Gasteiger partial charge >= 0.3 is 0 Å². The molecule has 0 saturated carbocycles. The Balaban J connectivity index is 3.13. The van der Waals surface area contributed by atoms with E-state index in [1.165, 1.54) is 6.07 Å². The zero-order chi connectivity index (χ0) is 9.14. The summed E-state index contributed by atoms with van der Waals surface area (Å²) in [6, 6.07) is 1.33. The molecule has 0 aliphatic rings. The molecule has 0 N–H and O–H groups in total. The largest absolute Gasteiger partial charge is 0.293 e. The molecule has 0 fully saturated rings. The summed E-state index contributed by atoms with van der Waals surface area (Å²) in [5.41, 5.74) is 0.201. The van der Waals surface area contributed by atoms with E-state index in [9.17, 15) is 4.79 Å². The lowest BCUT2D eigenvalue weighted by molar-refractivity contribution is 0.102. The number of rotatable bonds is 2. The van der Waals surface area contributed by atoms with E-state index in [1.807, 2.05) is 0 Å². The number of halogens is 3. The molecule has 0 aliphatic heterocycles. The van der Waals surface area contributed by atoms with Gasteiger partial charge in [-0.3, -0.25) is 4.79 Å². The summed E-state index contributed by atoms with van der Waals surface area (Å²) < 4.78 is 0. The van der Waals surface area contributed by atoms with Gasteiger partial charge in [-0.2, -0.15) is 0 Å². The average molecular weight is 225 g/mol. The van der Waals surface area contributed by atoms with E-state index in [2.05, 4.69) is 10.2 Å². The number of aromatic nitrogens is 2. The van der Waals surface area contributed by atoms with Gasteiger partial charge in [-0.25, -0.2) is 0 Å². The lowest BCUT2D eigenvalue weighted by Gasteiger charge is -1.97. The van der Waals surface area contributed by atoms with Crippen molar-refractivity contribution in [2.45, 2.75) is 0 Å². The number of nitrogens with zero attached hydrogens (tertiary/aromatic N) is 2. The predicted molar refractivity (Wildman–Crippen MR) is 47.1 cm³/mol. The maximum absolute atomic E-state index is 11.0. The summed E-state index contributed by atoms with van der Waals surface area (Å²) in [6.45, 7) is 0. The molecule has 0 aliphatic carbocycles. The van der Waals surface area contributed by atoms with Crippen LogP contribution in [-0.4, -0.2) is 21.9 Å².